The number of carbonyl (C=O) groups excluding carboxylic acids is 1. The van der Waals surface area contributed by atoms with Gasteiger partial charge in [0.05, 0.1) is 6.20 Å². The number of sulfonamides is 1. The molecule has 2 aliphatic carbocycles. The summed E-state index contributed by atoms with van der Waals surface area (Å²) in [5.74, 6) is 0.438. The lowest BCUT2D eigenvalue weighted by Crippen LogP contribution is -2.35. The van der Waals surface area contributed by atoms with Crippen molar-refractivity contribution in [1.29, 1.82) is 0 Å². The summed E-state index contributed by atoms with van der Waals surface area (Å²) in [5, 5.41) is 10.0. The number of hydrogen-bond donors (Lipinski definition) is 3. The van der Waals surface area contributed by atoms with E-state index in [4.69, 9.17) is 0 Å². The number of anilines is 2. The highest BCUT2D eigenvalue weighted by Gasteiger charge is 2.29. The van der Waals surface area contributed by atoms with Crippen LogP contribution in [-0.2, 0) is 42.3 Å². The van der Waals surface area contributed by atoms with Gasteiger partial charge in [0.15, 0.2) is 0 Å². The molecule has 0 atom stereocenters. The molecule has 1 aromatic heterocycles. The number of nitrogens with zero attached hydrogens (tertiary/aromatic N) is 2. The highest BCUT2D eigenvalue weighted by molar-refractivity contribution is 7.90. The Morgan fingerprint density at radius 3 is 2.50 bits per heavy atom. The summed E-state index contributed by atoms with van der Waals surface area (Å²) in [5.41, 5.74) is 5.73. The fraction of sp³-hybridized carbons (Fsp3) is 0.474. The average molecular weight is 401 g/mol. The molecule has 2 aromatic rings. The van der Waals surface area contributed by atoms with E-state index in [1.165, 1.54) is 17.3 Å². The number of nitrogens with one attached hydrogen (secondary N) is 3. The third-order valence-electron chi connectivity index (χ3n) is 5.87. The molecule has 0 unspecified atom stereocenters. The van der Waals surface area contributed by atoms with E-state index in [2.05, 4.69) is 26.5 Å². The van der Waals surface area contributed by atoms with Crippen LogP contribution in [0.2, 0.25) is 0 Å². The van der Waals surface area contributed by atoms with E-state index < -0.39 is 16.1 Å². The van der Waals surface area contributed by atoms with Gasteiger partial charge in [-0.1, -0.05) is 6.07 Å². The van der Waals surface area contributed by atoms with Gasteiger partial charge in [-0.3, -0.25) is 0 Å². The molecular formula is C19H23N5O3S. The predicted octanol–water partition coefficient (Wildman–Crippen LogP) is 2.19. The van der Waals surface area contributed by atoms with Crippen LogP contribution in [0.15, 0.2) is 17.2 Å². The van der Waals surface area contributed by atoms with E-state index in [1.807, 2.05) is 0 Å². The Hall–Kier alpha value is -2.55. The fourth-order valence-corrected chi connectivity index (χ4v) is 5.65. The number of aromatic nitrogens is 2. The van der Waals surface area contributed by atoms with E-state index in [9.17, 15) is 13.2 Å². The molecule has 0 radical (unpaired) electrons. The predicted molar refractivity (Wildman–Crippen MR) is 105 cm³/mol. The van der Waals surface area contributed by atoms with Crippen molar-refractivity contribution in [3.63, 3.8) is 0 Å². The molecule has 3 aliphatic rings. The number of aryl methyl sites for hydroxylation is 3. The minimum atomic E-state index is -4.01. The first-order chi connectivity index (χ1) is 13.5. The number of rotatable bonds is 3. The van der Waals surface area contributed by atoms with Crippen LogP contribution in [0.25, 0.3) is 0 Å². The second-order valence-electron chi connectivity index (χ2n) is 7.65. The quantitative estimate of drug-likeness (QED) is 0.731. The monoisotopic (exact) mass is 401 g/mol. The lowest BCUT2D eigenvalue weighted by molar-refractivity contribution is 0.256. The van der Waals surface area contributed by atoms with Crippen LogP contribution in [0, 0.1) is 0 Å². The van der Waals surface area contributed by atoms with E-state index >= 15 is 0 Å². The molecule has 0 saturated carbocycles. The molecule has 2 amide bonds. The van der Waals surface area contributed by atoms with Crippen LogP contribution in [0.5, 0.6) is 0 Å². The summed E-state index contributed by atoms with van der Waals surface area (Å²) in [6.07, 6.45) is 8.20. The summed E-state index contributed by atoms with van der Waals surface area (Å²) in [7, 11) is -4.01. The summed E-state index contributed by atoms with van der Waals surface area (Å²) >= 11 is 0. The number of amides is 2. The zero-order valence-corrected chi connectivity index (χ0v) is 16.4. The highest BCUT2D eigenvalue weighted by Crippen LogP contribution is 2.38. The van der Waals surface area contributed by atoms with Gasteiger partial charge in [0, 0.05) is 18.8 Å². The number of benzene rings is 1. The van der Waals surface area contributed by atoms with Crippen LogP contribution >= 0.6 is 0 Å². The smallest absolute Gasteiger partial charge is 0.333 e. The first-order valence-electron chi connectivity index (χ1n) is 9.83. The summed E-state index contributed by atoms with van der Waals surface area (Å²) in [6, 6.07) is 1.56. The molecule has 0 bridgehead atoms. The SMILES string of the molecule is O=C(Nc1c2c(cc3c1CCC3)CCC2)NS(=O)(=O)c1cnn2c1NCCC2. The zero-order valence-electron chi connectivity index (χ0n) is 15.5. The fourth-order valence-electron chi connectivity index (χ4n) is 4.63. The Balaban J connectivity index is 1.41. The normalized spacial score (nSPS) is 17.4. The van der Waals surface area contributed by atoms with Crippen molar-refractivity contribution in [2.45, 2.75) is 56.4 Å². The van der Waals surface area contributed by atoms with Gasteiger partial charge in [0.1, 0.15) is 10.7 Å². The third kappa shape index (κ3) is 2.85. The van der Waals surface area contributed by atoms with E-state index in [-0.39, 0.29) is 4.90 Å². The van der Waals surface area contributed by atoms with Crippen molar-refractivity contribution in [3.8, 4) is 0 Å². The molecule has 0 saturated heterocycles. The molecule has 0 spiro atoms. The molecule has 1 aromatic carbocycles. The molecule has 1 aliphatic heterocycles. The highest BCUT2D eigenvalue weighted by atomic mass is 32.2. The standard InChI is InChI=1S/C19H23N5O3S/c25-19(23-28(26,27)16-11-21-24-9-3-8-20-18(16)24)22-17-14-6-1-4-12(14)10-13-5-2-7-15(13)17/h10-11,20H,1-9H2,(H2,22,23,25). The first kappa shape index (κ1) is 17.5. The number of hydrogen-bond acceptors (Lipinski definition) is 5. The number of carbonyl (C=O) groups is 1. The van der Waals surface area contributed by atoms with Crippen LogP contribution in [0.1, 0.15) is 41.5 Å². The molecule has 9 heteroatoms. The maximum atomic E-state index is 12.8. The Kier molecular flexibility index (Phi) is 4.08. The van der Waals surface area contributed by atoms with Crippen LogP contribution in [-0.4, -0.2) is 30.8 Å². The third-order valence-corrected chi connectivity index (χ3v) is 7.21. The lowest BCUT2D eigenvalue weighted by atomic mass is 9.99. The van der Waals surface area contributed by atoms with Crippen LogP contribution in [0.4, 0.5) is 16.3 Å². The van der Waals surface area contributed by atoms with E-state index in [1.54, 1.807) is 4.68 Å². The van der Waals surface area contributed by atoms with Gasteiger partial charge in [0.25, 0.3) is 10.0 Å². The summed E-state index contributed by atoms with van der Waals surface area (Å²) in [4.78, 5) is 12.6. The van der Waals surface area contributed by atoms with Crippen LogP contribution < -0.4 is 15.4 Å². The maximum absolute atomic E-state index is 12.8. The van der Waals surface area contributed by atoms with Gasteiger partial charge in [-0.05, 0) is 67.2 Å². The molecule has 8 nitrogen and oxygen atoms in total. The van der Waals surface area contributed by atoms with Gasteiger partial charge in [0.2, 0.25) is 0 Å². The van der Waals surface area contributed by atoms with E-state index in [0.717, 1.165) is 61.8 Å². The Morgan fingerprint density at radius 2 is 1.79 bits per heavy atom. The number of fused-ring (bicyclic) bond motifs is 3. The van der Waals surface area contributed by atoms with E-state index in [0.29, 0.717) is 18.9 Å². The van der Waals surface area contributed by atoms with Crippen LogP contribution in [0.3, 0.4) is 0 Å². The molecule has 148 valence electrons. The molecule has 0 fully saturated rings. The van der Waals surface area contributed by atoms with Crippen molar-refractivity contribution in [2.24, 2.45) is 0 Å². The van der Waals surface area contributed by atoms with Gasteiger partial charge in [-0.15, -0.1) is 0 Å². The van der Waals surface area contributed by atoms with Gasteiger partial charge in [-0.2, -0.15) is 5.10 Å². The minimum Gasteiger partial charge on any atom is -0.369 e. The molecule has 2 heterocycles. The maximum Gasteiger partial charge on any atom is 0.333 e. The van der Waals surface area contributed by atoms with Gasteiger partial charge >= 0.3 is 6.03 Å². The Labute approximate surface area is 163 Å². The van der Waals surface area contributed by atoms with Gasteiger partial charge in [-0.25, -0.2) is 22.6 Å². The second-order valence-corrected chi connectivity index (χ2v) is 9.31. The van der Waals surface area contributed by atoms with Crippen molar-refractivity contribution >= 4 is 27.6 Å². The van der Waals surface area contributed by atoms with Crippen molar-refractivity contribution < 1.29 is 13.2 Å². The molecule has 28 heavy (non-hydrogen) atoms. The average Bonchev–Trinajstić information content (AvgIpc) is 3.39. The second kappa shape index (κ2) is 6.51. The van der Waals surface area contributed by atoms with Crippen molar-refractivity contribution in [2.75, 3.05) is 17.2 Å². The first-order valence-corrected chi connectivity index (χ1v) is 11.3. The van der Waals surface area contributed by atoms with Crippen molar-refractivity contribution in [3.05, 3.63) is 34.5 Å². The number of urea groups is 1. The molecular weight excluding hydrogens is 378 g/mol. The minimum absolute atomic E-state index is 0.00543. The Bertz CT molecular complexity index is 1040. The molecule has 3 N–H and O–H groups in total. The summed E-state index contributed by atoms with van der Waals surface area (Å²) < 4.78 is 29.3. The van der Waals surface area contributed by atoms with Crippen molar-refractivity contribution in [1.82, 2.24) is 14.5 Å². The van der Waals surface area contributed by atoms with Gasteiger partial charge < -0.3 is 10.6 Å². The summed E-state index contributed by atoms with van der Waals surface area (Å²) in [6.45, 7) is 1.34. The Morgan fingerprint density at radius 1 is 1.07 bits per heavy atom. The lowest BCUT2D eigenvalue weighted by Gasteiger charge is -2.18. The zero-order chi connectivity index (χ0) is 19.3. The molecule has 5 rings (SSSR count). The topological polar surface area (TPSA) is 105 Å². The largest absolute Gasteiger partial charge is 0.369 e.